The molecule has 98 valence electrons. The molecule has 0 spiro atoms. The highest BCUT2D eigenvalue weighted by atomic mass is 16.5. The second-order valence-electron chi connectivity index (χ2n) is 4.45. The number of methoxy groups -OCH3 is 1. The Kier molecular flexibility index (Phi) is 3.99. The van der Waals surface area contributed by atoms with Gasteiger partial charge in [-0.1, -0.05) is 5.16 Å². The molecule has 0 aliphatic carbocycles. The Morgan fingerprint density at radius 3 is 3.11 bits per heavy atom. The van der Waals surface area contributed by atoms with Gasteiger partial charge in [0.05, 0.1) is 6.61 Å². The second kappa shape index (κ2) is 5.68. The first-order valence-corrected chi connectivity index (χ1v) is 5.92. The lowest BCUT2D eigenvalue weighted by Gasteiger charge is -2.17. The zero-order chi connectivity index (χ0) is 13.0. The van der Waals surface area contributed by atoms with Crippen LogP contribution in [0.3, 0.4) is 0 Å². The first-order valence-electron chi connectivity index (χ1n) is 5.92. The van der Waals surface area contributed by atoms with Gasteiger partial charge in [0.1, 0.15) is 5.82 Å². The summed E-state index contributed by atoms with van der Waals surface area (Å²) in [5.41, 5.74) is 6.11. The molecule has 0 radical (unpaired) electrons. The topological polar surface area (TPSA) is 84.0 Å². The summed E-state index contributed by atoms with van der Waals surface area (Å²) in [6.45, 7) is 2.74. The van der Waals surface area contributed by atoms with Gasteiger partial charge < -0.3 is 20.6 Å². The van der Waals surface area contributed by atoms with Crippen LogP contribution in [0.4, 0.5) is 5.82 Å². The fraction of sp³-hybridized carbons (Fsp3) is 0.500. The molecule has 0 amide bonds. The Balaban J connectivity index is 2.02. The van der Waals surface area contributed by atoms with Crippen LogP contribution in [0, 0.1) is 5.92 Å². The van der Waals surface area contributed by atoms with Gasteiger partial charge in [-0.25, -0.2) is 4.98 Å². The van der Waals surface area contributed by atoms with Crippen molar-refractivity contribution in [2.75, 3.05) is 31.7 Å². The SMILES string of the molecule is COCC1CCN(c2ccc(C(N)=NO)cn2)C1. The molecule has 1 aromatic heterocycles. The second-order valence-corrected chi connectivity index (χ2v) is 4.45. The predicted octanol–water partition coefficient (Wildman–Crippen LogP) is 0.649. The number of aromatic nitrogens is 1. The van der Waals surface area contributed by atoms with Crippen molar-refractivity contribution < 1.29 is 9.94 Å². The number of amidine groups is 1. The van der Waals surface area contributed by atoms with E-state index in [-0.39, 0.29) is 5.84 Å². The Labute approximate surface area is 106 Å². The van der Waals surface area contributed by atoms with Gasteiger partial charge >= 0.3 is 0 Å². The Hall–Kier alpha value is -1.82. The van der Waals surface area contributed by atoms with E-state index in [2.05, 4.69) is 15.0 Å². The third-order valence-electron chi connectivity index (χ3n) is 3.16. The number of anilines is 1. The molecule has 2 heterocycles. The van der Waals surface area contributed by atoms with E-state index in [1.807, 2.05) is 6.07 Å². The summed E-state index contributed by atoms with van der Waals surface area (Å²) < 4.78 is 5.17. The molecule has 2 rings (SSSR count). The van der Waals surface area contributed by atoms with Crippen molar-refractivity contribution in [1.82, 2.24) is 4.98 Å². The van der Waals surface area contributed by atoms with Crippen molar-refractivity contribution in [2.45, 2.75) is 6.42 Å². The molecule has 1 aromatic rings. The summed E-state index contributed by atoms with van der Waals surface area (Å²) in [7, 11) is 1.73. The van der Waals surface area contributed by atoms with E-state index >= 15 is 0 Å². The molecule has 1 aliphatic rings. The minimum absolute atomic E-state index is 0.0766. The average Bonchev–Trinajstić information content (AvgIpc) is 2.87. The summed E-state index contributed by atoms with van der Waals surface area (Å²) in [5, 5.41) is 11.5. The number of hydrogen-bond acceptors (Lipinski definition) is 5. The molecule has 1 unspecified atom stereocenters. The molecule has 1 fully saturated rings. The molecule has 6 heteroatoms. The lowest BCUT2D eigenvalue weighted by molar-refractivity contribution is 0.161. The molecule has 0 bridgehead atoms. The summed E-state index contributed by atoms with van der Waals surface area (Å²) in [6.07, 6.45) is 2.74. The lowest BCUT2D eigenvalue weighted by atomic mass is 10.1. The van der Waals surface area contributed by atoms with Crippen molar-refractivity contribution in [3.63, 3.8) is 0 Å². The van der Waals surface area contributed by atoms with Gasteiger partial charge in [0.2, 0.25) is 0 Å². The average molecular weight is 250 g/mol. The first kappa shape index (κ1) is 12.6. The van der Waals surface area contributed by atoms with Crippen molar-refractivity contribution in [1.29, 1.82) is 0 Å². The zero-order valence-electron chi connectivity index (χ0n) is 10.4. The number of nitrogens with two attached hydrogens (primary N) is 1. The van der Waals surface area contributed by atoms with Gasteiger partial charge in [0.25, 0.3) is 0 Å². The maximum atomic E-state index is 8.57. The Bertz CT molecular complexity index is 419. The molecule has 0 aromatic carbocycles. The van der Waals surface area contributed by atoms with Crippen LogP contribution in [0.5, 0.6) is 0 Å². The van der Waals surface area contributed by atoms with Crippen LogP contribution in [-0.4, -0.2) is 42.8 Å². The predicted molar refractivity (Wildman–Crippen MR) is 68.9 cm³/mol. The van der Waals surface area contributed by atoms with Crippen molar-refractivity contribution in [3.05, 3.63) is 23.9 Å². The number of pyridine rings is 1. The standard InChI is InChI=1S/C12H18N4O2/c1-18-8-9-4-5-16(7-9)11-3-2-10(6-14-11)12(13)15-17/h2-3,6,9,17H,4-5,7-8H2,1H3,(H2,13,15). The van der Waals surface area contributed by atoms with E-state index in [9.17, 15) is 0 Å². The normalized spacial score (nSPS) is 20.4. The molecule has 3 N–H and O–H groups in total. The van der Waals surface area contributed by atoms with Gasteiger partial charge in [-0.3, -0.25) is 0 Å². The lowest BCUT2D eigenvalue weighted by Crippen LogP contribution is -2.22. The van der Waals surface area contributed by atoms with Gasteiger partial charge in [-0.15, -0.1) is 0 Å². The van der Waals surface area contributed by atoms with Crippen LogP contribution in [-0.2, 0) is 4.74 Å². The largest absolute Gasteiger partial charge is 0.409 e. The molecule has 0 saturated carbocycles. The fourth-order valence-electron chi connectivity index (χ4n) is 2.19. The highest BCUT2D eigenvalue weighted by Crippen LogP contribution is 2.22. The van der Waals surface area contributed by atoms with E-state index in [1.165, 1.54) is 0 Å². The Morgan fingerprint density at radius 2 is 2.50 bits per heavy atom. The third-order valence-corrected chi connectivity index (χ3v) is 3.16. The molecule has 6 nitrogen and oxygen atoms in total. The molecular weight excluding hydrogens is 232 g/mol. The maximum Gasteiger partial charge on any atom is 0.171 e. The van der Waals surface area contributed by atoms with Gasteiger partial charge in [-0.2, -0.15) is 0 Å². The summed E-state index contributed by atoms with van der Waals surface area (Å²) in [6, 6.07) is 3.70. The minimum atomic E-state index is 0.0766. The van der Waals surface area contributed by atoms with Crippen molar-refractivity contribution in [3.8, 4) is 0 Å². The monoisotopic (exact) mass is 250 g/mol. The molecule has 1 aliphatic heterocycles. The smallest absolute Gasteiger partial charge is 0.171 e. The molecular formula is C12H18N4O2. The van der Waals surface area contributed by atoms with Crippen LogP contribution in [0.1, 0.15) is 12.0 Å². The highest BCUT2D eigenvalue weighted by molar-refractivity contribution is 5.96. The van der Waals surface area contributed by atoms with Gasteiger partial charge in [0, 0.05) is 37.9 Å². The maximum absolute atomic E-state index is 8.57. The number of oxime groups is 1. The van der Waals surface area contributed by atoms with Crippen molar-refractivity contribution >= 4 is 11.7 Å². The van der Waals surface area contributed by atoms with E-state index in [1.54, 1.807) is 19.4 Å². The van der Waals surface area contributed by atoms with Gasteiger partial charge in [0.15, 0.2) is 5.84 Å². The number of rotatable bonds is 4. The van der Waals surface area contributed by atoms with E-state index in [4.69, 9.17) is 15.7 Å². The van der Waals surface area contributed by atoms with Crippen molar-refractivity contribution in [2.24, 2.45) is 16.8 Å². The number of nitrogens with zero attached hydrogens (tertiary/aromatic N) is 3. The van der Waals surface area contributed by atoms with E-state index < -0.39 is 0 Å². The number of hydrogen-bond donors (Lipinski definition) is 2. The van der Waals surface area contributed by atoms with Crippen LogP contribution in [0.15, 0.2) is 23.5 Å². The van der Waals surface area contributed by atoms with E-state index in [0.717, 1.165) is 31.9 Å². The number of ether oxygens (including phenoxy) is 1. The van der Waals surface area contributed by atoms with E-state index in [0.29, 0.717) is 11.5 Å². The van der Waals surface area contributed by atoms with Crippen LogP contribution >= 0.6 is 0 Å². The third kappa shape index (κ3) is 2.70. The fourth-order valence-corrected chi connectivity index (χ4v) is 2.19. The molecule has 18 heavy (non-hydrogen) atoms. The molecule has 1 atom stereocenters. The minimum Gasteiger partial charge on any atom is -0.409 e. The molecule has 1 saturated heterocycles. The zero-order valence-corrected chi connectivity index (χ0v) is 10.4. The highest BCUT2D eigenvalue weighted by Gasteiger charge is 2.23. The van der Waals surface area contributed by atoms with Gasteiger partial charge in [-0.05, 0) is 18.6 Å². The summed E-state index contributed by atoms with van der Waals surface area (Å²) in [4.78, 5) is 6.56. The van der Waals surface area contributed by atoms with Crippen LogP contribution in [0.25, 0.3) is 0 Å². The Morgan fingerprint density at radius 1 is 1.67 bits per heavy atom. The summed E-state index contributed by atoms with van der Waals surface area (Å²) in [5.74, 6) is 1.57. The van der Waals surface area contributed by atoms with Crippen LogP contribution in [0.2, 0.25) is 0 Å². The van der Waals surface area contributed by atoms with Crippen LogP contribution < -0.4 is 10.6 Å². The quantitative estimate of drug-likeness (QED) is 0.355. The first-order chi connectivity index (χ1) is 8.74. The summed E-state index contributed by atoms with van der Waals surface area (Å²) >= 11 is 0.